The second-order valence-electron chi connectivity index (χ2n) is 8.51. The van der Waals surface area contributed by atoms with Crippen LogP contribution in [0.2, 0.25) is 0 Å². The van der Waals surface area contributed by atoms with Gasteiger partial charge in [-0.15, -0.1) is 0 Å². The summed E-state index contributed by atoms with van der Waals surface area (Å²) in [5.41, 5.74) is 8.53. The van der Waals surface area contributed by atoms with E-state index in [0.29, 0.717) is 48.8 Å². The summed E-state index contributed by atoms with van der Waals surface area (Å²) in [6, 6.07) is 7.69. The number of nitrogens with two attached hydrogens (primary N) is 1. The third-order valence-corrected chi connectivity index (χ3v) is 5.75. The molecule has 1 atom stereocenters. The van der Waals surface area contributed by atoms with Crippen LogP contribution in [0.4, 0.5) is 5.82 Å². The molecular weight excluding hydrogens is 434 g/mol. The normalized spacial score (nSPS) is 16.2. The van der Waals surface area contributed by atoms with E-state index in [2.05, 4.69) is 9.97 Å². The summed E-state index contributed by atoms with van der Waals surface area (Å²) in [5.74, 6) is 1.14. The second kappa shape index (κ2) is 10.6. The molecule has 0 bridgehead atoms. The number of carbonyl (C=O) groups excluding carboxylic acids is 1. The topological polar surface area (TPSA) is 112 Å². The molecule has 180 valence electrons. The van der Waals surface area contributed by atoms with Crippen LogP contribution in [0.25, 0.3) is 22.3 Å². The van der Waals surface area contributed by atoms with Crippen molar-refractivity contribution in [2.45, 2.75) is 12.5 Å². The molecule has 4 rings (SSSR count). The number of anilines is 1. The number of ether oxygens (including phenoxy) is 2. The largest absolute Gasteiger partial charge is 0.491 e. The molecule has 1 saturated heterocycles. The van der Waals surface area contributed by atoms with Gasteiger partial charge in [0.05, 0.1) is 18.0 Å². The first-order chi connectivity index (χ1) is 16.5. The van der Waals surface area contributed by atoms with E-state index in [4.69, 9.17) is 20.3 Å². The summed E-state index contributed by atoms with van der Waals surface area (Å²) in [6.45, 7) is 2.97. The Labute approximate surface area is 199 Å². The zero-order valence-corrected chi connectivity index (χ0v) is 19.8. The fourth-order valence-corrected chi connectivity index (χ4v) is 4.02. The van der Waals surface area contributed by atoms with Crippen molar-refractivity contribution < 1.29 is 14.3 Å². The van der Waals surface area contributed by atoms with E-state index in [9.17, 15) is 4.79 Å². The molecule has 10 heteroatoms. The van der Waals surface area contributed by atoms with Gasteiger partial charge in [0, 0.05) is 38.4 Å². The number of nitrogens with zero attached hydrogens (tertiary/aromatic N) is 6. The predicted octanol–water partition coefficient (Wildman–Crippen LogP) is 1.99. The lowest BCUT2D eigenvalue weighted by molar-refractivity contribution is -0.125. The highest BCUT2D eigenvalue weighted by Gasteiger charge is 2.30. The number of methoxy groups -OCH3 is 1. The summed E-state index contributed by atoms with van der Waals surface area (Å²) >= 11 is 0. The first-order valence-electron chi connectivity index (χ1n) is 11.3. The van der Waals surface area contributed by atoms with E-state index in [1.54, 1.807) is 13.2 Å². The quantitative estimate of drug-likeness (QED) is 0.377. The van der Waals surface area contributed by atoms with Crippen LogP contribution < -0.4 is 10.5 Å². The number of carbonyl (C=O) groups is 1. The number of aromatic nitrogens is 4. The maximum absolute atomic E-state index is 12.6. The molecule has 0 radical (unpaired) electrons. The van der Waals surface area contributed by atoms with Crippen LogP contribution in [0.15, 0.2) is 42.7 Å². The van der Waals surface area contributed by atoms with E-state index in [-0.39, 0.29) is 11.9 Å². The van der Waals surface area contributed by atoms with Gasteiger partial charge in [0.1, 0.15) is 30.2 Å². The fourth-order valence-electron chi connectivity index (χ4n) is 4.02. The zero-order chi connectivity index (χ0) is 24.1. The van der Waals surface area contributed by atoms with Crippen molar-refractivity contribution in [2.75, 3.05) is 59.8 Å². The Morgan fingerprint density at radius 3 is 2.76 bits per heavy atom. The Hall–Kier alpha value is -3.50. The van der Waals surface area contributed by atoms with E-state index in [1.807, 2.05) is 58.9 Å². The summed E-state index contributed by atoms with van der Waals surface area (Å²) < 4.78 is 12.6. The molecule has 1 unspecified atom stereocenters. The third-order valence-electron chi connectivity index (χ3n) is 5.75. The van der Waals surface area contributed by atoms with E-state index in [1.165, 1.54) is 6.33 Å². The molecular formula is C24H31N7O3. The molecule has 1 aliphatic heterocycles. The molecule has 3 aromatic rings. The molecule has 1 aromatic carbocycles. The van der Waals surface area contributed by atoms with Gasteiger partial charge >= 0.3 is 0 Å². The number of hydrogen-bond donors (Lipinski definition) is 1. The molecule has 2 aromatic heterocycles. The summed E-state index contributed by atoms with van der Waals surface area (Å²) in [7, 11) is 5.58. The number of likely N-dealkylation sites (N-methyl/N-ethyl adjacent to an activating group) is 1. The Kier molecular flexibility index (Phi) is 7.39. The molecule has 10 nitrogen and oxygen atoms in total. The van der Waals surface area contributed by atoms with Gasteiger partial charge in [-0.2, -0.15) is 5.10 Å². The second-order valence-corrected chi connectivity index (χ2v) is 8.51. The SMILES string of the molecule is COCCOc1ccc(-c2nn(C3CCN(C(=O)C=CCN(C)C)C3)c3ncnc(N)c23)cc1. The molecule has 34 heavy (non-hydrogen) atoms. The van der Waals surface area contributed by atoms with Gasteiger partial charge in [0.2, 0.25) is 5.91 Å². The molecule has 3 heterocycles. The first-order valence-corrected chi connectivity index (χ1v) is 11.3. The van der Waals surface area contributed by atoms with Crippen molar-refractivity contribution in [3.8, 4) is 17.0 Å². The van der Waals surface area contributed by atoms with Gasteiger partial charge in [-0.25, -0.2) is 14.6 Å². The van der Waals surface area contributed by atoms with E-state index in [0.717, 1.165) is 24.3 Å². The molecule has 1 fully saturated rings. The molecule has 0 saturated carbocycles. The number of amides is 1. The van der Waals surface area contributed by atoms with E-state index < -0.39 is 0 Å². The minimum Gasteiger partial charge on any atom is -0.491 e. The van der Waals surface area contributed by atoms with Crippen molar-refractivity contribution in [3.05, 3.63) is 42.7 Å². The molecule has 0 aliphatic carbocycles. The lowest BCUT2D eigenvalue weighted by atomic mass is 10.1. The monoisotopic (exact) mass is 465 g/mol. The Balaban J connectivity index is 1.58. The average Bonchev–Trinajstić information content (AvgIpc) is 3.45. The van der Waals surface area contributed by atoms with Crippen LogP contribution in [0, 0.1) is 0 Å². The van der Waals surface area contributed by atoms with Crippen molar-refractivity contribution in [3.63, 3.8) is 0 Å². The van der Waals surface area contributed by atoms with Crippen LogP contribution in [0.3, 0.4) is 0 Å². The average molecular weight is 466 g/mol. The minimum absolute atomic E-state index is 0.00778. The Morgan fingerprint density at radius 1 is 1.24 bits per heavy atom. The number of likely N-dealkylation sites (tertiary alicyclic amines) is 1. The minimum atomic E-state index is 0.00778. The highest BCUT2D eigenvalue weighted by atomic mass is 16.5. The van der Waals surface area contributed by atoms with Gasteiger partial charge in [0.25, 0.3) is 0 Å². The smallest absolute Gasteiger partial charge is 0.246 e. The van der Waals surface area contributed by atoms with Crippen molar-refractivity contribution in [1.82, 2.24) is 29.5 Å². The molecule has 1 amide bonds. The zero-order valence-electron chi connectivity index (χ0n) is 19.8. The summed E-state index contributed by atoms with van der Waals surface area (Å²) in [4.78, 5) is 25.1. The Bertz CT molecular complexity index is 1160. The number of hydrogen-bond acceptors (Lipinski definition) is 8. The van der Waals surface area contributed by atoms with E-state index >= 15 is 0 Å². The van der Waals surface area contributed by atoms with Crippen LogP contribution in [0.5, 0.6) is 5.75 Å². The molecule has 2 N–H and O–H groups in total. The fraction of sp³-hybridized carbons (Fsp3) is 0.417. The first kappa shape index (κ1) is 23.7. The predicted molar refractivity (Wildman–Crippen MR) is 130 cm³/mol. The van der Waals surface area contributed by atoms with Crippen molar-refractivity contribution >= 4 is 22.8 Å². The summed E-state index contributed by atoms with van der Waals surface area (Å²) in [6.07, 6.45) is 5.77. The maximum Gasteiger partial charge on any atom is 0.246 e. The Morgan fingerprint density at radius 2 is 2.03 bits per heavy atom. The van der Waals surface area contributed by atoms with Crippen LogP contribution in [-0.4, -0.2) is 89.5 Å². The number of fused-ring (bicyclic) bond motifs is 1. The third kappa shape index (κ3) is 5.18. The standard InChI is InChI=1S/C24H31N7O3/c1-29(2)11-4-5-20(32)30-12-10-18(15-30)31-24-21(23(25)26-16-27-24)22(28-31)17-6-8-19(9-7-17)34-14-13-33-3/h4-9,16,18H,10-15H2,1-3H3,(H2,25,26,27). The number of benzene rings is 1. The van der Waals surface area contributed by atoms with Crippen LogP contribution >= 0.6 is 0 Å². The van der Waals surface area contributed by atoms with Gasteiger partial charge in [-0.1, -0.05) is 6.08 Å². The highest BCUT2D eigenvalue weighted by Crippen LogP contribution is 2.34. The molecule has 1 aliphatic rings. The molecule has 0 spiro atoms. The highest BCUT2D eigenvalue weighted by molar-refractivity contribution is 5.98. The van der Waals surface area contributed by atoms with Gasteiger partial charge in [-0.3, -0.25) is 4.79 Å². The summed E-state index contributed by atoms with van der Waals surface area (Å²) in [5, 5.41) is 5.61. The van der Waals surface area contributed by atoms with Crippen LogP contribution in [0.1, 0.15) is 12.5 Å². The lowest BCUT2D eigenvalue weighted by Crippen LogP contribution is -2.28. The van der Waals surface area contributed by atoms with Crippen LogP contribution in [-0.2, 0) is 9.53 Å². The number of nitrogen functional groups attached to an aromatic ring is 1. The van der Waals surface area contributed by atoms with Crippen molar-refractivity contribution in [1.29, 1.82) is 0 Å². The lowest BCUT2D eigenvalue weighted by Gasteiger charge is -2.15. The van der Waals surface area contributed by atoms with Gasteiger partial charge < -0.3 is 25.0 Å². The number of rotatable bonds is 9. The van der Waals surface area contributed by atoms with Gasteiger partial charge in [-0.05, 0) is 44.8 Å². The van der Waals surface area contributed by atoms with Crippen molar-refractivity contribution in [2.24, 2.45) is 0 Å². The maximum atomic E-state index is 12.6. The van der Waals surface area contributed by atoms with Gasteiger partial charge in [0.15, 0.2) is 5.65 Å².